The molecule has 1 aliphatic heterocycles. The van der Waals surface area contributed by atoms with Gasteiger partial charge in [-0.25, -0.2) is 0 Å². The van der Waals surface area contributed by atoms with Gasteiger partial charge in [0.05, 0.1) is 13.7 Å². The van der Waals surface area contributed by atoms with E-state index in [-0.39, 0.29) is 11.7 Å². The Kier molecular flexibility index (Phi) is 6.50. The highest BCUT2D eigenvalue weighted by atomic mass is 19.4. The SMILES string of the molecule is COc1ccc(-c2noc(CN3CCN(C(=O)c4ccc(OC(F)(F)F)cc4)CC3)n2)cc1. The molecule has 0 saturated carbocycles. The lowest BCUT2D eigenvalue weighted by atomic mass is 10.1. The predicted molar refractivity (Wildman–Crippen MR) is 111 cm³/mol. The van der Waals surface area contributed by atoms with E-state index in [1.165, 1.54) is 12.1 Å². The molecule has 11 heteroatoms. The van der Waals surface area contributed by atoms with Crippen molar-refractivity contribution in [1.82, 2.24) is 19.9 Å². The number of methoxy groups -OCH3 is 1. The lowest BCUT2D eigenvalue weighted by molar-refractivity contribution is -0.274. The fourth-order valence-electron chi connectivity index (χ4n) is 3.46. The Morgan fingerprint density at radius 3 is 2.24 bits per heavy atom. The van der Waals surface area contributed by atoms with Crippen molar-refractivity contribution in [3.63, 3.8) is 0 Å². The van der Waals surface area contributed by atoms with E-state index in [0.29, 0.717) is 50.0 Å². The molecule has 1 saturated heterocycles. The second kappa shape index (κ2) is 9.49. The highest BCUT2D eigenvalue weighted by Crippen LogP contribution is 2.24. The Morgan fingerprint density at radius 1 is 1.00 bits per heavy atom. The molecule has 2 heterocycles. The van der Waals surface area contributed by atoms with Crippen LogP contribution in [-0.4, -0.2) is 65.5 Å². The van der Waals surface area contributed by atoms with Gasteiger partial charge in [-0.15, -0.1) is 13.2 Å². The van der Waals surface area contributed by atoms with Crippen molar-refractivity contribution in [2.45, 2.75) is 12.9 Å². The number of hydrogen-bond acceptors (Lipinski definition) is 7. The minimum Gasteiger partial charge on any atom is -0.497 e. The third-order valence-corrected chi connectivity index (χ3v) is 5.17. The zero-order chi connectivity index (χ0) is 23.4. The summed E-state index contributed by atoms with van der Waals surface area (Å²) in [5, 5.41) is 4.02. The molecule has 0 unspecified atom stereocenters. The number of carbonyl (C=O) groups excluding carboxylic acids is 1. The molecule has 1 aliphatic rings. The van der Waals surface area contributed by atoms with Crippen LogP contribution in [0.25, 0.3) is 11.4 Å². The van der Waals surface area contributed by atoms with Gasteiger partial charge in [0.25, 0.3) is 5.91 Å². The highest BCUT2D eigenvalue weighted by Gasteiger charge is 2.31. The summed E-state index contributed by atoms with van der Waals surface area (Å²) < 4.78 is 51.2. The van der Waals surface area contributed by atoms with Gasteiger partial charge in [-0.05, 0) is 48.5 Å². The van der Waals surface area contributed by atoms with Crippen LogP contribution in [0.15, 0.2) is 53.1 Å². The summed E-state index contributed by atoms with van der Waals surface area (Å²) in [5.41, 5.74) is 1.12. The fraction of sp³-hybridized carbons (Fsp3) is 0.318. The van der Waals surface area contributed by atoms with Gasteiger partial charge in [0, 0.05) is 37.3 Å². The van der Waals surface area contributed by atoms with Gasteiger partial charge in [-0.1, -0.05) is 5.16 Å². The number of benzene rings is 2. The van der Waals surface area contributed by atoms with Crippen molar-refractivity contribution in [3.8, 4) is 22.9 Å². The maximum absolute atomic E-state index is 12.7. The summed E-state index contributed by atoms with van der Waals surface area (Å²) in [6, 6.07) is 12.2. The van der Waals surface area contributed by atoms with Crippen molar-refractivity contribution in [2.24, 2.45) is 0 Å². The molecule has 1 fully saturated rings. The molecule has 3 aromatic rings. The third-order valence-electron chi connectivity index (χ3n) is 5.17. The first kappa shape index (κ1) is 22.6. The number of carbonyl (C=O) groups is 1. The molecule has 1 amide bonds. The molecule has 2 aromatic carbocycles. The number of alkyl halides is 3. The largest absolute Gasteiger partial charge is 0.573 e. The van der Waals surface area contributed by atoms with Crippen LogP contribution in [0, 0.1) is 0 Å². The molecule has 0 aliphatic carbocycles. The van der Waals surface area contributed by atoms with Gasteiger partial charge in [-0.3, -0.25) is 9.69 Å². The minimum absolute atomic E-state index is 0.243. The first-order chi connectivity index (χ1) is 15.8. The van der Waals surface area contributed by atoms with Gasteiger partial charge in [0.15, 0.2) is 0 Å². The molecule has 174 valence electrons. The van der Waals surface area contributed by atoms with E-state index in [1.54, 1.807) is 12.0 Å². The van der Waals surface area contributed by atoms with E-state index in [0.717, 1.165) is 23.4 Å². The molecule has 0 spiro atoms. The first-order valence-corrected chi connectivity index (χ1v) is 10.2. The second-order valence-corrected chi connectivity index (χ2v) is 7.38. The van der Waals surface area contributed by atoms with Crippen molar-refractivity contribution in [3.05, 3.63) is 60.0 Å². The van der Waals surface area contributed by atoms with Gasteiger partial charge in [0.2, 0.25) is 11.7 Å². The van der Waals surface area contributed by atoms with E-state index >= 15 is 0 Å². The number of ether oxygens (including phenoxy) is 2. The van der Waals surface area contributed by atoms with Crippen LogP contribution in [0.5, 0.6) is 11.5 Å². The normalized spacial score (nSPS) is 14.8. The summed E-state index contributed by atoms with van der Waals surface area (Å²) >= 11 is 0. The molecule has 4 rings (SSSR count). The van der Waals surface area contributed by atoms with Crippen LogP contribution in [0.3, 0.4) is 0 Å². The number of piperazine rings is 1. The monoisotopic (exact) mass is 462 g/mol. The van der Waals surface area contributed by atoms with E-state index < -0.39 is 6.36 Å². The third kappa shape index (κ3) is 5.80. The number of aromatic nitrogens is 2. The molecule has 1 aromatic heterocycles. The summed E-state index contributed by atoms with van der Waals surface area (Å²) in [5.74, 6) is 1.09. The molecule has 0 N–H and O–H groups in total. The van der Waals surface area contributed by atoms with E-state index in [9.17, 15) is 18.0 Å². The van der Waals surface area contributed by atoms with E-state index in [4.69, 9.17) is 9.26 Å². The Labute approximate surface area is 187 Å². The molecule has 0 bridgehead atoms. The lowest BCUT2D eigenvalue weighted by Gasteiger charge is -2.34. The van der Waals surface area contributed by atoms with Crippen molar-refractivity contribution >= 4 is 5.91 Å². The smallest absolute Gasteiger partial charge is 0.497 e. The summed E-state index contributed by atoms with van der Waals surface area (Å²) in [6.45, 7) is 2.59. The number of nitrogens with zero attached hydrogens (tertiary/aromatic N) is 4. The van der Waals surface area contributed by atoms with Crippen LogP contribution in [0.4, 0.5) is 13.2 Å². The van der Waals surface area contributed by atoms with Gasteiger partial charge < -0.3 is 18.9 Å². The number of amides is 1. The standard InChI is InChI=1S/C22H21F3N4O4/c1-31-17-6-2-15(3-7-17)20-26-19(33-27-20)14-28-10-12-29(13-11-28)21(30)16-4-8-18(9-5-16)32-22(23,24)25/h2-9H,10-14H2,1H3. The lowest BCUT2D eigenvalue weighted by Crippen LogP contribution is -2.48. The summed E-state index contributed by atoms with van der Waals surface area (Å²) in [7, 11) is 1.60. The van der Waals surface area contributed by atoms with Crippen molar-refractivity contribution in [2.75, 3.05) is 33.3 Å². The van der Waals surface area contributed by atoms with Crippen LogP contribution in [-0.2, 0) is 6.54 Å². The maximum Gasteiger partial charge on any atom is 0.573 e. The number of hydrogen-bond donors (Lipinski definition) is 0. The van der Waals surface area contributed by atoms with Crippen LogP contribution >= 0.6 is 0 Å². The van der Waals surface area contributed by atoms with Gasteiger partial charge >= 0.3 is 6.36 Å². The van der Waals surface area contributed by atoms with E-state index in [2.05, 4.69) is 19.8 Å². The quantitative estimate of drug-likeness (QED) is 0.554. The van der Waals surface area contributed by atoms with Crippen LogP contribution < -0.4 is 9.47 Å². The summed E-state index contributed by atoms with van der Waals surface area (Å²) in [4.78, 5) is 20.8. The predicted octanol–water partition coefficient (Wildman–Crippen LogP) is 3.60. The van der Waals surface area contributed by atoms with E-state index in [1.807, 2.05) is 24.3 Å². The molecule has 0 atom stereocenters. The Hall–Kier alpha value is -3.60. The average molecular weight is 462 g/mol. The van der Waals surface area contributed by atoms with Crippen molar-refractivity contribution in [1.29, 1.82) is 0 Å². The first-order valence-electron chi connectivity index (χ1n) is 10.2. The molecular weight excluding hydrogens is 441 g/mol. The maximum atomic E-state index is 12.7. The van der Waals surface area contributed by atoms with Gasteiger partial charge in [0.1, 0.15) is 11.5 Å². The number of rotatable bonds is 6. The Bertz CT molecular complexity index is 1080. The van der Waals surface area contributed by atoms with Crippen LogP contribution in [0.1, 0.15) is 16.2 Å². The molecular formula is C22H21F3N4O4. The zero-order valence-corrected chi connectivity index (χ0v) is 17.7. The molecule has 8 nitrogen and oxygen atoms in total. The fourth-order valence-corrected chi connectivity index (χ4v) is 3.46. The zero-order valence-electron chi connectivity index (χ0n) is 17.7. The van der Waals surface area contributed by atoms with Crippen LogP contribution in [0.2, 0.25) is 0 Å². The van der Waals surface area contributed by atoms with Gasteiger partial charge in [-0.2, -0.15) is 4.98 Å². The topological polar surface area (TPSA) is 80.9 Å². The molecule has 0 radical (unpaired) electrons. The highest BCUT2D eigenvalue weighted by molar-refractivity contribution is 5.94. The number of halogens is 3. The van der Waals surface area contributed by atoms with Crippen molar-refractivity contribution < 1.29 is 32.0 Å². The minimum atomic E-state index is -4.77. The average Bonchev–Trinajstić information content (AvgIpc) is 3.27. The Balaban J connectivity index is 1.29. The second-order valence-electron chi connectivity index (χ2n) is 7.38. The summed E-state index contributed by atoms with van der Waals surface area (Å²) in [6.07, 6.45) is -4.77. The Morgan fingerprint density at radius 2 is 1.64 bits per heavy atom. The molecule has 33 heavy (non-hydrogen) atoms.